The summed E-state index contributed by atoms with van der Waals surface area (Å²) in [4.78, 5) is 4.17. The van der Waals surface area contributed by atoms with Gasteiger partial charge in [0.25, 0.3) is 0 Å². The average Bonchev–Trinajstić information content (AvgIpc) is 2.57. The first-order valence-corrected chi connectivity index (χ1v) is 5.45. The van der Waals surface area contributed by atoms with Crippen molar-refractivity contribution in [2.75, 3.05) is 0 Å². The molecule has 0 fully saturated rings. The van der Waals surface area contributed by atoms with Crippen LogP contribution in [0, 0.1) is 19.7 Å². The van der Waals surface area contributed by atoms with Crippen LogP contribution in [0.2, 0.25) is 0 Å². The summed E-state index contributed by atoms with van der Waals surface area (Å²) in [7, 11) is 0. The first-order chi connectivity index (χ1) is 8.00. The third-order valence-electron chi connectivity index (χ3n) is 2.60. The van der Waals surface area contributed by atoms with Gasteiger partial charge in [-0.15, -0.1) is 0 Å². The van der Waals surface area contributed by atoms with Crippen molar-refractivity contribution in [3.63, 3.8) is 0 Å². The minimum Gasteiger partial charge on any atom is -0.324 e. The second-order valence-corrected chi connectivity index (χ2v) is 4.08. The van der Waals surface area contributed by atoms with Gasteiger partial charge in [0, 0.05) is 6.04 Å². The van der Waals surface area contributed by atoms with Gasteiger partial charge in [0.15, 0.2) is 0 Å². The topological polar surface area (TPSA) is 56.7 Å². The number of aromatic nitrogens is 3. The summed E-state index contributed by atoms with van der Waals surface area (Å²) in [5.74, 6) is 0.920. The van der Waals surface area contributed by atoms with E-state index in [1.165, 1.54) is 10.7 Å². The molecule has 2 aromatic rings. The molecule has 0 aliphatic rings. The van der Waals surface area contributed by atoms with E-state index in [4.69, 9.17) is 5.73 Å². The van der Waals surface area contributed by atoms with Crippen molar-refractivity contribution in [1.29, 1.82) is 0 Å². The first-order valence-electron chi connectivity index (χ1n) is 5.45. The lowest BCUT2D eigenvalue weighted by Crippen LogP contribution is -2.13. The third-order valence-corrected chi connectivity index (χ3v) is 2.60. The van der Waals surface area contributed by atoms with Crippen molar-refractivity contribution >= 4 is 0 Å². The van der Waals surface area contributed by atoms with E-state index in [0.717, 1.165) is 5.56 Å². The predicted molar refractivity (Wildman–Crippen MR) is 63.4 cm³/mol. The molecule has 1 heterocycles. The molecule has 2 rings (SSSR count). The molecule has 17 heavy (non-hydrogen) atoms. The maximum absolute atomic E-state index is 13.9. The van der Waals surface area contributed by atoms with Gasteiger partial charge in [-0.25, -0.2) is 14.1 Å². The Kier molecular flexibility index (Phi) is 2.93. The second kappa shape index (κ2) is 4.25. The smallest absolute Gasteiger partial charge is 0.149 e. The molecule has 1 atom stereocenters. The molecule has 0 aliphatic heterocycles. The fourth-order valence-electron chi connectivity index (χ4n) is 1.86. The molecule has 90 valence electrons. The number of rotatable bonds is 2. The summed E-state index contributed by atoms with van der Waals surface area (Å²) in [6.07, 6.45) is 0. The summed E-state index contributed by atoms with van der Waals surface area (Å²) in [6.45, 7) is 5.38. The van der Waals surface area contributed by atoms with E-state index in [0.29, 0.717) is 17.3 Å². The van der Waals surface area contributed by atoms with Crippen LogP contribution in [0.5, 0.6) is 0 Å². The van der Waals surface area contributed by atoms with Gasteiger partial charge < -0.3 is 5.73 Å². The van der Waals surface area contributed by atoms with E-state index >= 15 is 0 Å². The number of halogens is 1. The van der Waals surface area contributed by atoms with Crippen LogP contribution in [-0.2, 0) is 0 Å². The molecule has 0 unspecified atom stereocenters. The van der Waals surface area contributed by atoms with E-state index in [-0.39, 0.29) is 11.9 Å². The minimum absolute atomic E-state index is 0.260. The molecule has 0 amide bonds. The highest BCUT2D eigenvalue weighted by Gasteiger charge is 2.16. The molecule has 5 heteroatoms. The Balaban J connectivity index is 2.69. The number of hydrogen-bond donors (Lipinski definition) is 1. The van der Waals surface area contributed by atoms with Crippen LogP contribution in [0.1, 0.15) is 30.2 Å². The summed E-state index contributed by atoms with van der Waals surface area (Å²) in [5.41, 5.74) is 6.96. The summed E-state index contributed by atoms with van der Waals surface area (Å²) in [6, 6.07) is 4.60. The molecule has 0 spiro atoms. The number of hydrogen-bond acceptors (Lipinski definition) is 3. The molecule has 1 aromatic carbocycles. The zero-order chi connectivity index (χ0) is 12.6. The molecule has 0 saturated carbocycles. The lowest BCUT2D eigenvalue weighted by atomic mass is 10.1. The first kappa shape index (κ1) is 11.7. The largest absolute Gasteiger partial charge is 0.324 e. The Hall–Kier alpha value is -1.75. The zero-order valence-corrected chi connectivity index (χ0v) is 10.1. The van der Waals surface area contributed by atoms with Crippen molar-refractivity contribution in [2.24, 2.45) is 5.73 Å². The van der Waals surface area contributed by atoms with Crippen molar-refractivity contribution in [2.45, 2.75) is 26.8 Å². The Morgan fingerprint density at radius 1 is 1.35 bits per heavy atom. The molecular formula is C12H15FN4. The van der Waals surface area contributed by atoms with Crippen LogP contribution in [0.3, 0.4) is 0 Å². The van der Waals surface area contributed by atoms with Gasteiger partial charge in [-0.1, -0.05) is 12.1 Å². The highest BCUT2D eigenvalue weighted by Crippen LogP contribution is 2.23. The van der Waals surface area contributed by atoms with Crippen LogP contribution >= 0.6 is 0 Å². The van der Waals surface area contributed by atoms with Crippen LogP contribution in [0.15, 0.2) is 18.2 Å². The molecule has 0 radical (unpaired) electrons. The van der Waals surface area contributed by atoms with E-state index < -0.39 is 0 Å². The maximum Gasteiger partial charge on any atom is 0.149 e. The quantitative estimate of drug-likeness (QED) is 0.865. The Labute approximate surface area is 99.3 Å². The Morgan fingerprint density at radius 3 is 2.59 bits per heavy atom. The van der Waals surface area contributed by atoms with Gasteiger partial charge in [0.2, 0.25) is 0 Å². The summed E-state index contributed by atoms with van der Waals surface area (Å²) < 4.78 is 15.4. The lowest BCUT2D eigenvalue weighted by Gasteiger charge is -2.13. The van der Waals surface area contributed by atoms with Gasteiger partial charge in [-0.3, -0.25) is 0 Å². The Bertz CT molecular complexity index is 545. The van der Waals surface area contributed by atoms with Crippen molar-refractivity contribution in [3.05, 3.63) is 41.2 Å². The SMILES string of the molecule is Cc1nc(C)n(-c2c(F)cccc2[C@H](C)N)n1. The fraction of sp³-hybridized carbons (Fsp3) is 0.333. The molecule has 0 bridgehead atoms. The molecule has 2 N–H and O–H groups in total. The van der Waals surface area contributed by atoms with Gasteiger partial charge in [0.05, 0.1) is 0 Å². The second-order valence-electron chi connectivity index (χ2n) is 4.08. The van der Waals surface area contributed by atoms with Crippen molar-refractivity contribution in [1.82, 2.24) is 14.8 Å². The highest BCUT2D eigenvalue weighted by atomic mass is 19.1. The minimum atomic E-state index is -0.340. The molecule has 4 nitrogen and oxygen atoms in total. The highest BCUT2D eigenvalue weighted by molar-refractivity contribution is 5.44. The van der Waals surface area contributed by atoms with E-state index in [9.17, 15) is 4.39 Å². The monoisotopic (exact) mass is 234 g/mol. The number of benzene rings is 1. The van der Waals surface area contributed by atoms with Gasteiger partial charge in [0.1, 0.15) is 23.2 Å². The van der Waals surface area contributed by atoms with E-state index in [1.807, 2.05) is 6.92 Å². The van der Waals surface area contributed by atoms with Crippen LogP contribution in [0.25, 0.3) is 5.69 Å². The summed E-state index contributed by atoms with van der Waals surface area (Å²) >= 11 is 0. The van der Waals surface area contributed by atoms with Gasteiger partial charge in [-0.2, -0.15) is 5.10 Å². The van der Waals surface area contributed by atoms with Crippen LogP contribution in [-0.4, -0.2) is 14.8 Å². The number of para-hydroxylation sites is 1. The number of nitrogens with two attached hydrogens (primary N) is 1. The Morgan fingerprint density at radius 2 is 2.06 bits per heavy atom. The predicted octanol–water partition coefficient (Wildman–Crippen LogP) is 2.04. The van der Waals surface area contributed by atoms with Crippen LogP contribution in [0.4, 0.5) is 4.39 Å². The molecule has 1 aromatic heterocycles. The molecular weight excluding hydrogens is 219 g/mol. The molecule has 0 saturated heterocycles. The average molecular weight is 234 g/mol. The van der Waals surface area contributed by atoms with E-state index in [2.05, 4.69) is 10.1 Å². The van der Waals surface area contributed by atoms with Crippen LogP contribution < -0.4 is 5.73 Å². The van der Waals surface area contributed by atoms with E-state index in [1.54, 1.807) is 26.0 Å². The zero-order valence-electron chi connectivity index (χ0n) is 10.1. The lowest BCUT2D eigenvalue weighted by molar-refractivity contribution is 0.599. The summed E-state index contributed by atoms with van der Waals surface area (Å²) in [5, 5.41) is 4.19. The normalized spacial score (nSPS) is 12.8. The standard InChI is InChI=1S/C12H15FN4/c1-7(14)10-5-4-6-11(13)12(10)17-9(3)15-8(2)16-17/h4-7H,14H2,1-3H3/t7-/m0/s1. The van der Waals surface area contributed by atoms with Crippen molar-refractivity contribution < 1.29 is 4.39 Å². The number of aryl methyl sites for hydroxylation is 2. The molecule has 0 aliphatic carbocycles. The van der Waals surface area contributed by atoms with Crippen molar-refractivity contribution in [3.8, 4) is 5.69 Å². The fourth-order valence-corrected chi connectivity index (χ4v) is 1.86. The maximum atomic E-state index is 13.9. The third kappa shape index (κ3) is 2.06. The van der Waals surface area contributed by atoms with Gasteiger partial charge in [-0.05, 0) is 32.4 Å². The van der Waals surface area contributed by atoms with Gasteiger partial charge >= 0.3 is 0 Å². The number of nitrogens with zero attached hydrogens (tertiary/aromatic N) is 3.